The number of sulfonamides is 1. The van der Waals surface area contributed by atoms with Crippen LogP contribution in [0.3, 0.4) is 0 Å². The predicted octanol–water partition coefficient (Wildman–Crippen LogP) is 4.71. The van der Waals surface area contributed by atoms with Crippen LogP contribution >= 0.6 is 11.6 Å². The first-order chi connectivity index (χ1) is 18.5. The number of nitrogens with one attached hydrogen (secondary N) is 1. The Hall–Kier alpha value is -3.56. The number of rotatable bonds is 11. The molecule has 39 heavy (non-hydrogen) atoms. The number of halogens is 1. The zero-order valence-electron chi connectivity index (χ0n) is 22.8. The summed E-state index contributed by atoms with van der Waals surface area (Å²) in [6.07, 6.45) is 0.336. The van der Waals surface area contributed by atoms with Gasteiger partial charge in [0.2, 0.25) is 11.8 Å². The first kappa shape index (κ1) is 30.0. The van der Waals surface area contributed by atoms with Gasteiger partial charge in [-0.15, -0.1) is 0 Å². The number of benzene rings is 3. The molecule has 0 saturated carbocycles. The molecular formula is C29H34ClN3O5S. The van der Waals surface area contributed by atoms with Crippen LogP contribution in [0, 0.1) is 13.8 Å². The average Bonchev–Trinajstić information content (AvgIpc) is 2.91. The van der Waals surface area contributed by atoms with Crippen LogP contribution < -0.4 is 14.4 Å². The highest BCUT2D eigenvalue weighted by atomic mass is 35.5. The third-order valence-electron chi connectivity index (χ3n) is 6.37. The summed E-state index contributed by atoms with van der Waals surface area (Å²) in [7, 11) is -1.32. The molecule has 0 aliphatic carbocycles. The molecule has 0 aromatic heterocycles. The van der Waals surface area contributed by atoms with E-state index in [-0.39, 0.29) is 33.8 Å². The molecule has 3 aromatic carbocycles. The van der Waals surface area contributed by atoms with Crippen LogP contribution in [0.25, 0.3) is 0 Å². The van der Waals surface area contributed by atoms with E-state index in [1.807, 2.05) is 38.1 Å². The van der Waals surface area contributed by atoms with E-state index in [2.05, 4.69) is 5.32 Å². The van der Waals surface area contributed by atoms with Crippen molar-refractivity contribution in [2.24, 2.45) is 0 Å². The number of aryl methyl sites for hydroxylation is 2. The Bertz CT molecular complexity index is 1430. The van der Waals surface area contributed by atoms with Gasteiger partial charge in [0.25, 0.3) is 10.0 Å². The maximum absolute atomic E-state index is 14.0. The molecule has 1 atom stereocenters. The Kier molecular flexibility index (Phi) is 9.99. The van der Waals surface area contributed by atoms with Crippen LogP contribution in [-0.2, 0) is 26.2 Å². The first-order valence-corrected chi connectivity index (χ1v) is 14.3. The second-order valence-corrected chi connectivity index (χ2v) is 11.5. The van der Waals surface area contributed by atoms with Crippen LogP contribution in [0.2, 0.25) is 5.02 Å². The maximum Gasteiger partial charge on any atom is 0.264 e. The van der Waals surface area contributed by atoms with Crippen LogP contribution in [0.15, 0.2) is 71.6 Å². The van der Waals surface area contributed by atoms with E-state index in [0.29, 0.717) is 6.42 Å². The van der Waals surface area contributed by atoms with Gasteiger partial charge in [-0.3, -0.25) is 13.9 Å². The van der Waals surface area contributed by atoms with E-state index >= 15 is 0 Å². The lowest BCUT2D eigenvalue weighted by molar-refractivity contribution is -0.140. The highest BCUT2D eigenvalue weighted by Gasteiger charge is 2.34. The predicted molar refractivity (Wildman–Crippen MR) is 154 cm³/mol. The van der Waals surface area contributed by atoms with Gasteiger partial charge in [0.1, 0.15) is 18.3 Å². The Morgan fingerprint density at radius 3 is 2.28 bits per heavy atom. The smallest absolute Gasteiger partial charge is 0.264 e. The Morgan fingerprint density at radius 2 is 1.69 bits per heavy atom. The van der Waals surface area contributed by atoms with Gasteiger partial charge >= 0.3 is 0 Å². The van der Waals surface area contributed by atoms with E-state index in [4.69, 9.17) is 16.3 Å². The van der Waals surface area contributed by atoms with Crippen LogP contribution in [0.5, 0.6) is 5.75 Å². The van der Waals surface area contributed by atoms with E-state index in [0.717, 1.165) is 21.0 Å². The number of carbonyl (C=O) groups excluding carboxylic acids is 2. The SMILES string of the molecule is CCC(C(=O)NC)N(Cc1cccc(C)c1)C(=O)CN(c1cc(Cl)ccc1OC)S(=O)(=O)c1ccc(C)cc1. The first-order valence-electron chi connectivity index (χ1n) is 12.5. The third-order valence-corrected chi connectivity index (χ3v) is 8.37. The second-order valence-electron chi connectivity index (χ2n) is 9.19. The van der Waals surface area contributed by atoms with Crippen LogP contribution in [0.4, 0.5) is 5.69 Å². The summed E-state index contributed by atoms with van der Waals surface area (Å²) in [5.74, 6) is -0.664. The van der Waals surface area contributed by atoms with Gasteiger partial charge in [0, 0.05) is 18.6 Å². The summed E-state index contributed by atoms with van der Waals surface area (Å²) in [5, 5.41) is 2.89. The molecule has 3 aromatic rings. The second kappa shape index (κ2) is 13.0. The van der Waals surface area contributed by atoms with Crippen molar-refractivity contribution in [3.63, 3.8) is 0 Å². The molecule has 0 aliphatic rings. The highest BCUT2D eigenvalue weighted by molar-refractivity contribution is 7.92. The number of hydrogen-bond donors (Lipinski definition) is 1. The summed E-state index contributed by atoms with van der Waals surface area (Å²) in [4.78, 5) is 28.3. The Morgan fingerprint density at radius 1 is 1.00 bits per heavy atom. The zero-order valence-corrected chi connectivity index (χ0v) is 24.3. The van der Waals surface area contributed by atoms with Crippen molar-refractivity contribution in [2.45, 2.75) is 44.7 Å². The molecule has 8 nitrogen and oxygen atoms in total. The van der Waals surface area contributed by atoms with E-state index < -0.39 is 28.5 Å². The van der Waals surface area contributed by atoms with Crippen molar-refractivity contribution in [3.05, 3.63) is 88.4 Å². The van der Waals surface area contributed by atoms with Crippen molar-refractivity contribution in [3.8, 4) is 5.75 Å². The largest absolute Gasteiger partial charge is 0.495 e. The fourth-order valence-electron chi connectivity index (χ4n) is 4.30. The number of ether oxygens (including phenoxy) is 1. The minimum Gasteiger partial charge on any atom is -0.495 e. The van der Waals surface area contributed by atoms with Gasteiger partial charge in [0.05, 0.1) is 17.7 Å². The summed E-state index contributed by atoms with van der Waals surface area (Å²) in [5.41, 5.74) is 2.82. The molecule has 0 aliphatic heterocycles. The van der Waals surface area contributed by atoms with Gasteiger partial charge in [-0.05, 0) is 56.2 Å². The van der Waals surface area contributed by atoms with E-state index in [1.165, 1.54) is 37.3 Å². The standard InChI is InChI=1S/C29H34ClN3O5S/c1-6-25(29(35)31-4)32(18-22-9-7-8-21(3)16-22)28(34)19-33(26-17-23(30)12-15-27(26)38-5)39(36,37)24-13-10-20(2)11-14-24/h7-17,25H,6,18-19H2,1-5H3,(H,31,35). The molecule has 3 rings (SSSR count). The van der Waals surface area contributed by atoms with Crippen molar-refractivity contribution in [1.82, 2.24) is 10.2 Å². The number of likely N-dealkylation sites (N-methyl/N-ethyl adjacent to an activating group) is 1. The summed E-state index contributed by atoms with van der Waals surface area (Å²) >= 11 is 6.26. The van der Waals surface area contributed by atoms with Crippen molar-refractivity contribution in [2.75, 3.05) is 25.0 Å². The number of methoxy groups -OCH3 is 1. The van der Waals surface area contributed by atoms with Gasteiger partial charge in [-0.1, -0.05) is 66.0 Å². The molecule has 0 heterocycles. The molecule has 0 spiro atoms. The Labute approximate surface area is 235 Å². The van der Waals surface area contributed by atoms with E-state index in [1.54, 1.807) is 31.2 Å². The molecule has 1 unspecified atom stereocenters. The van der Waals surface area contributed by atoms with Crippen molar-refractivity contribution < 1.29 is 22.7 Å². The lowest BCUT2D eigenvalue weighted by atomic mass is 10.1. The van der Waals surface area contributed by atoms with Gasteiger partial charge in [0.15, 0.2) is 0 Å². The van der Waals surface area contributed by atoms with E-state index in [9.17, 15) is 18.0 Å². The molecule has 0 bridgehead atoms. The maximum atomic E-state index is 14.0. The third kappa shape index (κ3) is 7.10. The quantitative estimate of drug-likeness (QED) is 0.359. The van der Waals surface area contributed by atoms with Crippen LogP contribution in [-0.4, -0.2) is 51.9 Å². The number of amides is 2. The van der Waals surface area contributed by atoms with Gasteiger partial charge in [-0.2, -0.15) is 0 Å². The molecule has 2 amide bonds. The molecular weight excluding hydrogens is 538 g/mol. The number of carbonyl (C=O) groups is 2. The normalized spacial score (nSPS) is 11.9. The number of anilines is 1. The monoisotopic (exact) mass is 571 g/mol. The molecule has 0 radical (unpaired) electrons. The summed E-state index contributed by atoms with van der Waals surface area (Å²) < 4.78 is 34.4. The average molecular weight is 572 g/mol. The summed E-state index contributed by atoms with van der Waals surface area (Å²) in [6.45, 7) is 5.14. The summed E-state index contributed by atoms with van der Waals surface area (Å²) in [6, 6.07) is 17.7. The number of nitrogens with zero attached hydrogens (tertiary/aromatic N) is 2. The molecule has 10 heteroatoms. The molecule has 208 valence electrons. The molecule has 0 fully saturated rings. The Balaban J connectivity index is 2.13. The topological polar surface area (TPSA) is 96.0 Å². The minimum atomic E-state index is -4.24. The lowest BCUT2D eigenvalue weighted by Crippen LogP contribution is -2.51. The minimum absolute atomic E-state index is 0.00602. The van der Waals surface area contributed by atoms with Crippen molar-refractivity contribution >= 4 is 39.1 Å². The van der Waals surface area contributed by atoms with Gasteiger partial charge in [-0.25, -0.2) is 8.42 Å². The lowest BCUT2D eigenvalue weighted by Gasteiger charge is -2.33. The zero-order chi connectivity index (χ0) is 28.7. The molecule has 1 N–H and O–H groups in total. The fraction of sp³-hybridized carbons (Fsp3) is 0.310. The number of hydrogen-bond acceptors (Lipinski definition) is 5. The molecule has 0 saturated heterocycles. The van der Waals surface area contributed by atoms with Gasteiger partial charge < -0.3 is 15.0 Å². The van der Waals surface area contributed by atoms with Crippen molar-refractivity contribution in [1.29, 1.82) is 0 Å². The fourth-order valence-corrected chi connectivity index (χ4v) is 5.88. The highest BCUT2D eigenvalue weighted by Crippen LogP contribution is 2.35. The van der Waals surface area contributed by atoms with Crippen LogP contribution in [0.1, 0.15) is 30.0 Å².